The van der Waals surface area contributed by atoms with Crippen LogP contribution in [0.3, 0.4) is 0 Å². The fraction of sp³-hybridized carbons (Fsp3) is 0.462. The molecule has 3 N–H and O–H groups in total. The van der Waals surface area contributed by atoms with Gasteiger partial charge in [-0.15, -0.1) is 0 Å². The Kier molecular flexibility index (Phi) is 5.98. The van der Waals surface area contributed by atoms with Gasteiger partial charge in [0.05, 0.1) is 16.2 Å². The summed E-state index contributed by atoms with van der Waals surface area (Å²) in [6, 6.07) is 13.4. The molecule has 1 aliphatic carbocycles. The van der Waals surface area contributed by atoms with E-state index in [1.165, 1.54) is 6.42 Å². The van der Waals surface area contributed by atoms with Gasteiger partial charge in [-0.3, -0.25) is 0 Å². The van der Waals surface area contributed by atoms with Crippen LogP contribution in [0.1, 0.15) is 43.7 Å². The number of sulfone groups is 1. The van der Waals surface area contributed by atoms with Crippen molar-refractivity contribution in [2.24, 2.45) is 11.7 Å². The highest BCUT2D eigenvalue weighted by Gasteiger charge is 2.35. The van der Waals surface area contributed by atoms with Gasteiger partial charge in [-0.05, 0) is 55.9 Å². The maximum Gasteiger partial charge on any atom is 0.228 e. The lowest BCUT2D eigenvalue weighted by molar-refractivity contribution is 0.428. The van der Waals surface area contributed by atoms with Crippen molar-refractivity contribution in [2.75, 3.05) is 29.1 Å². The number of aromatic nitrogens is 2. The van der Waals surface area contributed by atoms with Gasteiger partial charge in [-0.2, -0.15) is 4.98 Å². The summed E-state index contributed by atoms with van der Waals surface area (Å²) >= 11 is 0. The predicted molar refractivity (Wildman–Crippen MR) is 137 cm³/mol. The highest BCUT2D eigenvalue weighted by molar-refractivity contribution is 7.91. The molecule has 1 aromatic heterocycles. The van der Waals surface area contributed by atoms with Gasteiger partial charge in [-0.1, -0.05) is 43.2 Å². The minimum absolute atomic E-state index is 0.0341. The molecule has 180 valence electrons. The van der Waals surface area contributed by atoms with E-state index < -0.39 is 9.84 Å². The Morgan fingerprint density at radius 1 is 1.21 bits per heavy atom. The third kappa shape index (κ3) is 4.49. The standard InChI is InChI=1S/C26H33N5O2S/c1-3-19-10-11-26(27,15-19)17-28-24-21-14-18(2)8-9-22(21)29-25(30-24)31-12-13-34(32,33)23-7-5-4-6-20(23)16-31/h4-9,14,19H,3,10-13,15-17,27H2,1-2H3,(H,28,29,30). The second-order valence-electron chi connectivity index (χ2n) is 9.97. The third-order valence-corrected chi connectivity index (χ3v) is 9.14. The van der Waals surface area contributed by atoms with Gasteiger partial charge in [0.1, 0.15) is 5.82 Å². The fourth-order valence-electron chi connectivity index (χ4n) is 5.28. The fourth-order valence-corrected chi connectivity index (χ4v) is 6.78. The van der Waals surface area contributed by atoms with Crippen LogP contribution in [-0.4, -0.2) is 42.8 Å². The zero-order chi connectivity index (χ0) is 23.9. The summed E-state index contributed by atoms with van der Waals surface area (Å²) in [6.07, 6.45) is 4.36. The first-order valence-electron chi connectivity index (χ1n) is 12.1. The normalized spacial score (nSPS) is 24.1. The SMILES string of the molecule is CCC1CCC(N)(CNc2nc(N3CCS(=O)(=O)c4ccccc4C3)nc3ccc(C)cc23)C1. The molecule has 7 nitrogen and oxygen atoms in total. The van der Waals surface area contributed by atoms with Crippen LogP contribution < -0.4 is 16.0 Å². The summed E-state index contributed by atoms with van der Waals surface area (Å²) < 4.78 is 25.7. The van der Waals surface area contributed by atoms with Crippen LogP contribution in [0.4, 0.5) is 11.8 Å². The van der Waals surface area contributed by atoms with Gasteiger partial charge in [0, 0.05) is 30.6 Å². The van der Waals surface area contributed by atoms with E-state index in [0.717, 1.165) is 47.1 Å². The summed E-state index contributed by atoms with van der Waals surface area (Å²) in [5.74, 6) is 2.02. The zero-order valence-corrected chi connectivity index (χ0v) is 20.7. The number of aryl methyl sites for hydroxylation is 1. The lowest BCUT2D eigenvalue weighted by Crippen LogP contribution is -2.44. The van der Waals surface area contributed by atoms with E-state index >= 15 is 0 Å². The van der Waals surface area contributed by atoms with E-state index in [9.17, 15) is 8.42 Å². The van der Waals surface area contributed by atoms with E-state index in [0.29, 0.717) is 36.4 Å². The molecule has 2 unspecified atom stereocenters. The number of hydrogen-bond donors (Lipinski definition) is 2. The zero-order valence-electron chi connectivity index (χ0n) is 19.9. The lowest BCUT2D eigenvalue weighted by Gasteiger charge is -2.26. The molecule has 1 saturated carbocycles. The largest absolute Gasteiger partial charge is 0.368 e. The predicted octanol–water partition coefficient (Wildman–Crippen LogP) is 4.05. The quantitative estimate of drug-likeness (QED) is 0.569. The molecular weight excluding hydrogens is 446 g/mol. The average molecular weight is 480 g/mol. The molecule has 2 aliphatic rings. The Labute approximate surface area is 201 Å². The Bertz CT molecular complexity index is 1330. The molecule has 5 rings (SSSR count). The van der Waals surface area contributed by atoms with Crippen LogP contribution >= 0.6 is 0 Å². The van der Waals surface area contributed by atoms with Crippen molar-refractivity contribution in [3.8, 4) is 0 Å². The van der Waals surface area contributed by atoms with Crippen LogP contribution in [0.2, 0.25) is 0 Å². The summed E-state index contributed by atoms with van der Waals surface area (Å²) in [4.78, 5) is 12.1. The lowest BCUT2D eigenvalue weighted by atomic mass is 9.96. The molecule has 0 radical (unpaired) electrons. The van der Waals surface area contributed by atoms with E-state index in [4.69, 9.17) is 15.7 Å². The molecule has 0 spiro atoms. The first-order valence-corrected chi connectivity index (χ1v) is 13.8. The smallest absolute Gasteiger partial charge is 0.228 e. The van der Waals surface area contributed by atoms with E-state index in [1.807, 2.05) is 29.2 Å². The number of fused-ring (bicyclic) bond motifs is 2. The highest BCUT2D eigenvalue weighted by atomic mass is 32.2. The second kappa shape index (κ2) is 8.82. The Morgan fingerprint density at radius 2 is 2.03 bits per heavy atom. The number of hydrogen-bond acceptors (Lipinski definition) is 7. The van der Waals surface area contributed by atoms with Crippen LogP contribution in [0, 0.1) is 12.8 Å². The topological polar surface area (TPSA) is 101 Å². The van der Waals surface area contributed by atoms with E-state index in [1.54, 1.807) is 12.1 Å². The number of benzene rings is 2. The number of anilines is 2. The summed E-state index contributed by atoms with van der Waals surface area (Å²) in [5.41, 5.74) is 9.26. The van der Waals surface area contributed by atoms with Crippen molar-refractivity contribution in [2.45, 2.75) is 56.5 Å². The van der Waals surface area contributed by atoms with Crippen molar-refractivity contribution in [1.29, 1.82) is 0 Å². The maximum absolute atomic E-state index is 12.8. The van der Waals surface area contributed by atoms with Gasteiger partial charge in [0.15, 0.2) is 9.84 Å². The van der Waals surface area contributed by atoms with E-state index in [-0.39, 0.29) is 11.3 Å². The van der Waals surface area contributed by atoms with Crippen molar-refractivity contribution in [1.82, 2.24) is 9.97 Å². The number of nitrogens with two attached hydrogens (primary N) is 1. The molecule has 0 bridgehead atoms. The Hall–Kier alpha value is -2.71. The number of nitrogens with zero attached hydrogens (tertiary/aromatic N) is 3. The van der Waals surface area contributed by atoms with Gasteiger partial charge in [-0.25, -0.2) is 13.4 Å². The molecule has 34 heavy (non-hydrogen) atoms. The molecule has 0 amide bonds. The van der Waals surface area contributed by atoms with Crippen molar-refractivity contribution in [3.05, 3.63) is 53.6 Å². The summed E-state index contributed by atoms with van der Waals surface area (Å²) in [6.45, 7) is 5.73. The van der Waals surface area contributed by atoms with Crippen molar-refractivity contribution >= 4 is 32.5 Å². The second-order valence-corrected chi connectivity index (χ2v) is 12.1. The minimum atomic E-state index is -3.34. The molecule has 1 fully saturated rings. The Balaban J connectivity index is 1.50. The monoisotopic (exact) mass is 479 g/mol. The van der Waals surface area contributed by atoms with Crippen LogP contribution in [0.15, 0.2) is 47.4 Å². The van der Waals surface area contributed by atoms with Crippen LogP contribution in [0.5, 0.6) is 0 Å². The molecule has 1 aliphatic heterocycles. The molecule has 2 aromatic carbocycles. The molecule has 2 atom stereocenters. The summed E-state index contributed by atoms with van der Waals surface area (Å²) in [7, 11) is -3.34. The number of rotatable bonds is 5. The first-order chi connectivity index (χ1) is 16.3. The average Bonchev–Trinajstić information content (AvgIpc) is 3.15. The van der Waals surface area contributed by atoms with Gasteiger partial charge < -0.3 is 16.0 Å². The van der Waals surface area contributed by atoms with Crippen LogP contribution in [0.25, 0.3) is 10.9 Å². The van der Waals surface area contributed by atoms with E-state index in [2.05, 4.69) is 25.2 Å². The summed E-state index contributed by atoms with van der Waals surface area (Å²) in [5, 5.41) is 4.51. The molecule has 8 heteroatoms. The number of nitrogens with one attached hydrogen (secondary N) is 1. The molecule has 0 saturated heterocycles. The van der Waals surface area contributed by atoms with Gasteiger partial charge in [0.25, 0.3) is 0 Å². The first kappa shape index (κ1) is 23.1. The molecule has 3 aromatic rings. The Morgan fingerprint density at radius 3 is 2.82 bits per heavy atom. The van der Waals surface area contributed by atoms with Crippen LogP contribution in [-0.2, 0) is 16.4 Å². The molecule has 2 heterocycles. The third-order valence-electron chi connectivity index (χ3n) is 7.35. The minimum Gasteiger partial charge on any atom is -0.368 e. The van der Waals surface area contributed by atoms with Gasteiger partial charge >= 0.3 is 0 Å². The van der Waals surface area contributed by atoms with Crippen molar-refractivity contribution in [3.63, 3.8) is 0 Å². The van der Waals surface area contributed by atoms with Crippen molar-refractivity contribution < 1.29 is 8.42 Å². The maximum atomic E-state index is 12.8. The van der Waals surface area contributed by atoms with Gasteiger partial charge in [0.2, 0.25) is 5.95 Å². The highest BCUT2D eigenvalue weighted by Crippen LogP contribution is 2.35. The molecular formula is C26H33N5O2S.